The summed E-state index contributed by atoms with van der Waals surface area (Å²) in [7, 11) is 2.16. The Hall–Kier alpha value is -3.10. The number of para-hydroxylation sites is 1. The predicted molar refractivity (Wildman–Crippen MR) is 155 cm³/mol. The number of benzene rings is 2. The van der Waals surface area contributed by atoms with E-state index in [2.05, 4.69) is 29.5 Å². The van der Waals surface area contributed by atoms with Gasteiger partial charge in [0.1, 0.15) is 11.9 Å². The summed E-state index contributed by atoms with van der Waals surface area (Å²) in [6.45, 7) is 6.22. The molecule has 0 bridgehead atoms. The maximum absolute atomic E-state index is 13.4. The van der Waals surface area contributed by atoms with E-state index in [0.717, 1.165) is 24.6 Å². The highest BCUT2D eigenvalue weighted by atomic mass is 16.5. The van der Waals surface area contributed by atoms with Crippen molar-refractivity contribution in [3.8, 4) is 5.75 Å². The molecule has 212 valence electrons. The highest BCUT2D eigenvalue weighted by molar-refractivity contribution is 5.99. The molecule has 0 radical (unpaired) electrons. The van der Waals surface area contributed by atoms with Gasteiger partial charge in [0.25, 0.3) is 0 Å². The second-order valence-electron chi connectivity index (χ2n) is 11.4. The van der Waals surface area contributed by atoms with Crippen LogP contribution in [0.25, 0.3) is 0 Å². The molecule has 3 atom stereocenters. The quantitative estimate of drug-likeness (QED) is 0.442. The lowest BCUT2D eigenvalue weighted by Crippen LogP contribution is -2.48. The first-order valence-corrected chi connectivity index (χ1v) is 14.3. The minimum atomic E-state index is -0.358. The highest BCUT2D eigenvalue weighted by Crippen LogP contribution is 2.30. The number of ether oxygens (including phenoxy) is 1. The Morgan fingerprint density at radius 2 is 1.79 bits per heavy atom. The lowest BCUT2D eigenvalue weighted by atomic mass is 9.89. The summed E-state index contributed by atoms with van der Waals surface area (Å²) < 4.78 is 6.64. The molecule has 3 N–H and O–H groups in total. The molecule has 1 heterocycles. The molecular formula is C31H44N4O4. The van der Waals surface area contributed by atoms with Crippen LogP contribution in [0, 0.1) is 11.8 Å². The van der Waals surface area contributed by atoms with Crippen molar-refractivity contribution in [3.63, 3.8) is 0 Å². The van der Waals surface area contributed by atoms with Crippen molar-refractivity contribution in [2.24, 2.45) is 11.8 Å². The lowest BCUT2D eigenvalue weighted by Gasteiger charge is -2.35. The fourth-order valence-corrected chi connectivity index (χ4v) is 5.73. The minimum absolute atomic E-state index is 0.0599. The number of nitrogens with one attached hydrogen (secondary N) is 2. The van der Waals surface area contributed by atoms with Crippen LogP contribution < -0.4 is 15.4 Å². The van der Waals surface area contributed by atoms with Crippen molar-refractivity contribution < 1.29 is 19.4 Å². The molecule has 4 rings (SSSR count). The Morgan fingerprint density at radius 3 is 2.51 bits per heavy atom. The highest BCUT2D eigenvalue weighted by Gasteiger charge is 2.31. The zero-order valence-electron chi connectivity index (χ0n) is 23.6. The Balaban J connectivity index is 1.53. The van der Waals surface area contributed by atoms with Gasteiger partial charge in [0.05, 0.1) is 19.1 Å². The van der Waals surface area contributed by atoms with Gasteiger partial charge >= 0.3 is 6.03 Å². The molecule has 2 aromatic rings. The summed E-state index contributed by atoms with van der Waals surface area (Å²) in [6, 6.07) is 14.1. The number of hydrogen-bond donors (Lipinski definition) is 3. The topological polar surface area (TPSA) is 94.1 Å². The molecule has 2 aliphatic rings. The second-order valence-corrected chi connectivity index (χ2v) is 11.4. The molecule has 1 saturated carbocycles. The molecule has 39 heavy (non-hydrogen) atoms. The lowest BCUT2D eigenvalue weighted by molar-refractivity contribution is -0.134. The van der Waals surface area contributed by atoms with Gasteiger partial charge in [-0.05, 0) is 63.1 Å². The van der Waals surface area contributed by atoms with Crippen LogP contribution >= 0.6 is 0 Å². The molecule has 0 spiro atoms. The van der Waals surface area contributed by atoms with E-state index in [1.807, 2.05) is 55.5 Å². The van der Waals surface area contributed by atoms with Gasteiger partial charge in [-0.1, -0.05) is 44.4 Å². The zero-order chi connectivity index (χ0) is 27.8. The van der Waals surface area contributed by atoms with E-state index in [4.69, 9.17) is 4.74 Å². The number of nitrogens with zero attached hydrogens (tertiary/aromatic N) is 2. The molecule has 8 nitrogen and oxygen atoms in total. The summed E-state index contributed by atoms with van der Waals surface area (Å²) in [5, 5.41) is 15.6. The van der Waals surface area contributed by atoms with Crippen molar-refractivity contribution in [1.29, 1.82) is 0 Å². The van der Waals surface area contributed by atoms with E-state index >= 15 is 0 Å². The van der Waals surface area contributed by atoms with E-state index in [1.54, 1.807) is 4.90 Å². The monoisotopic (exact) mass is 536 g/mol. The number of amides is 3. The first-order valence-electron chi connectivity index (χ1n) is 14.3. The summed E-state index contributed by atoms with van der Waals surface area (Å²) >= 11 is 0. The number of carbonyl (C=O) groups is 2. The number of rotatable bonds is 8. The van der Waals surface area contributed by atoms with E-state index in [9.17, 15) is 14.7 Å². The number of hydrogen-bond acceptors (Lipinski definition) is 5. The number of urea groups is 1. The summed E-state index contributed by atoms with van der Waals surface area (Å²) in [5.74, 6) is 1.40. The van der Waals surface area contributed by atoms with Crippen molar-refractivity contribution in [1.82, 2.24) is 9.80 Å². The normalized spacial score (nSPS) is 21.3. The number of carbonyl (C=O) groups excluding carboxylic acids is 2. The van der Waals surface area contributed by atoms with Crippen LogP contribution in [0.1, 0.15) is 51.5 Å². The van der Waals surface area contributed by atoms with Crippen LogP contribution in [0.5, 0.6) is 5.75 Å². The zero-order valence-corrected chi connectivity index (χ0v) is 23.6. The van der Waals surface area contributed by atoms with E-state index in [-0.39, 0.29) is 43.0 Å². The summed E-state index contributed by atoms with van der Waals surface area (Å²) in [6.07, 6.45) is 6.56. The van der Waals surface area contributed by atoms with E-state index < -0.39 is 0 Å². The summed E-state index contributed by atoms with van der Waals surface area (Å²) in [5.41, 5.74) is 2.00. The van der Waals surface area contributed by atoms with Crippen LogP contribution in [0.2, 0.25) is 0 Å². The molecular weight excluding hydrogens is 492 g/mol. The molecule has 3 amide bonds. The number of anilines is 2. The molecule has 0 unspecified atom stereocenters. The van der Waals surface area contributed by atoms with Gasteiger partial charge in [-0.25, -0.2) is 4.79 Å². The standard InChI is InChI=1S/C31H44N4O4/c1-22-18-35(23(2)21-36)30(37)17-25-16-27(33-31(38)32-26-12-8-5-9-13-26)14-15-28(25)39-29(22)20-34(3)19-24-10-6-4-7-11-24/h5,8-9,12-16,22-24,29,36H,4,6-7,10-11,17-21H2,1-3H3,(H2,32,33,38)/t22-,23+,29+/m1/s1. The van der Waals surface area contributed by atoms with Crippen LogP contribution in [-0.2, 0) is 11.2 Å². The van der Waals surface area contributed by atoms with Crippen molar-refractivity contribution in [2.75, 3.05) is 43.9 Å². The first kappa shape index (κ1) is 28.9. The summed E-state index contributed by atoms with van der Waals surface area (Å²) in [4.78, 5) is 30.2. The third-order valence-electron chi connectivity index (χ3n) is 7.99. The van der Waals surface area contributed by atoms with Crippen molar-refractivity contribution in [2.45, 2.75) is 64.5 Å². The van der Waals surface area contributed by atoms with Gasteiger partial charge in [0.15, 0.2) is 0 Å². The number of aliphatic hydroxyl groups excluding tert-OH is 1. The van der Waals surface area contributed by atoms with Gasteiger partial charge in [-0.3, -0.25) is 4.79 Å². The molecule has 0 aromatic heterocycles. The average Bonchev–Trinajstić information content (AvgIpc) is 2.97. The Kier molecular flexibility index (Phi) is 10.2. The van der Waals surface area contributed by atoms with Crippen LogP contribution in [0.4, 0.5) is 16.2 Å². The molecule has 8 heteroatoms. The number of aliphatic hydroxyl groups is 1. The Morgan fingerprint density at radius 1 is 1.08 bits per heavy atom. The maximum atomic E-state index is 13.4. The first-order chi connectivity index (χ1) is 18.8. The van der Waals surface area contributed by atoms with Crippen LogP contribution in [0.15, 0.2) is 48.5 Å². The maximum Gasteiger partial charge on any atom is 0.323 e. The number of fused-ring (bicyclic) bond motifs is 1. The second kappa shape index (κ2) is 13.8. The molecule has 1 fully saturated rings. The number of likely N-dealkylation sites (N-methyl/N-ethyl adjacent to an activating group) is 1. The van der Waals surface area contributed by atoms with Crippen LogP contribution in [0.3, 0.4) is 0 Å². The van der Waals surface area contributed by atoms with Gasteiger partial charge < -0.3 is 30.3 Å². The largest absolute Gasteiger partial charge is 0.488 e. The van der Waals surface area contributed by atoms with Gasteiger partial charge in [-0.2, -0.15) is 0 Å². The SMILES string of the molecule is C[C@@H]1CN([C@@H](C)CO)C(=O)Cc2cc(NC(=O)Nc3ccccc3)ccc2O[C@H]1CN(C)CC1CCCCC1. The molecule has 1 aliphatic carbocycles. The van der Waals surface area contributed by atoms with Crippen molar-refractivity contribution in [3.05, 3.63) is 54.1 Å². The van der Waals surface area contributed by atoms with Gasteiger partial charge in [0.2, 0.25) is 5.91 Å². The van der Waals surface area contributed by atoms with Gasteiger partial charge in [-0.15, -0.1) is 0 Å². The third kappa shape index (κ3) is 8.19. The predicted octanol–water partition coefficient (Wildman–Crippen LogP) is 4.99. The third-order valence-corrected chi connectivity index (χ3v) is 7.99. The molecule has 2 aromatic carbocycles. The van der Waals surface area contributed by atoms with Gasteiger partial charge in [0, 0.05) is 42.5 Å². The molecule has 0 saturated heterocycles. The minimum Gasteiger partial charge on any atom is -0.488 e. The Labute approximate surface area is 232 Å². The average molecular weight is 537 g/mol. The molecule has 1 aliphatic heterocycles. The van der Waals surface area contributed by atoms with E-state index in [0.29, 0.717) is 23.7 Å². The van der Waals surface area contributed by atoms with E-state index in [1.165, 1.54) is 32.1 Å². The van der Waals surface area contributed by atoms with Crippen LogP contribution in [-0.4, -0.2) is 72.3 Å². The fourth-order valence-electron chi connectivity index (χ4n) is 5.73. The fraction of sp³-hybridized carbons (Fsp3) is 0.548. The smallest absolute Gasteiger partial charge is 0.323 e. The Bertz CT molecular complexity index is 1090. The van der Waals surface area contributed by atoms with Crippen molar-refractivity contribution >= 4 is 23.3 Å².